The third kappa shape index (κ3) is 5.13. The van der Waals surface area contributed by atoms with Gasteiger partial charge in [-0.1, -0.05) is 39.2 Å². The topological polar surface area (TPSA) is 31.4 Å². The van der Waals surface area contributed by atoms with Gasteiger partial charge < -0.3 is 9.47 Å². The van der Waals surface area contributed by atoms with Gasteiger partial charge in [0.1, 0.15) is 0 Å². The Hall–Kier alpha value is -1.23. The Morgan fingerprint density at radius 2 is 1.88 bits per heavy atom. The van der Waals surface area contributed by atoms with Crippen LogP contribution in [-0.4, -0.2) is 18.2 Å². The summed E-state index contributed by atoms with van der Waals surface area (Å²) in [5, 5.41) is 0. The molecule has 3 rings (SSSR count). The van der Waals surface area contributed by atoms with E-state index in [9.17, 15) is 0 Å². The van der Waals surface area contributed by atoms with Gasteiger partial charge in [0, 0.05) is 28.2 Å². The fourth-order valence-corrected chi connectivity index (χ4v) is 4.19. The van der Waals surface area contributed by atoms with Crippen LogP contribution in [0.1, 0.15) is 62.8 Å². The third-order valence-electron chi connectivity index (χ3n) is 4.67. The van der Waals surface area contributed by atoms with Crippen molar-refractivity contribution in [3.05, 3.63) is 41.0 Å². The van der Waals surface area contributed by atoms with E-state index in [0.29, 0.717) is 5.92 Å². The summed E-state index contributed by atoms with van der Waals surface area (Å²) in [6, 6.07) is 8.62. The van der Waals surface area contributed by atoms with E-state index in [1.54, 1.807) is 11.3 Å². The van der Waals surface area contributed by atoms with Gasteiger partial charge in [0.15, 0.2) is 6.29 Å². The average Bonchev–Trinajstić information content (AvgIpc) is 3.14. The Labute approximate surface area is 155 Å². The van der Waals surface area contributed by atoms with Crippen molar-refractivity contribution >= 4 is 11.3 Å². The van der Waals surface area contributed by atoms with E-state index in [1.165, 1.54) is 48.2 Å². The molecule has 25 heavy (non-hydrogen) atoms. The Morgan fingerprint density at radius 1 is 1.04 bits per heavy atom. The molecular formula is C21H29NO2S. The zero-order valence-corrected chi connectivity index (χ0v) is 16.2. The lowest BCUT2D eigenvalue weighted by Crippen LogP contribution is -2.26. The van der Waals surface area contributed by atoms with Crippen molar-refractivity contribution in [2.75, 3.05) is 13.2 Å². The first-order valence-electron chi connectivity index (χ1n) is 9.58. The number of nitrogens with zero attached hydrogens (tertiary/aromatic N) is 1. The molecule has 4 heteroatoms. The molecule has 0 aliphatic carbocycles. The molecule has 2 aromatic heterocycles. The van der Waals surface area contributed by atoms with Crippen molar-refractivity contribution in [3.63, 3.8) is 0 Å². The van der Waals surface area contributed by atoms with E-state index in [-0.39, 0.29) is 6.29 Å². The Bertz CT molecular complexity index is 630. The first-order chi connectivity index (χ1) is 12.3. The highest BCUT2D eigenvalue weighted by atomic mass is 32.1. The number of aryl methyl sites for hydroxylation is 1. The van der Waals surface area contributed by atoms with Crippen molar-refractivity contribution in [1.82, 2.24) is 4.98 Å². The molecule has 0 spiro atoms. The second-order valence-electron chi connectivity index (χ2n) is 6.85. The molecule has 0 bridgehead atoms. The summed E-state index contributed by atoms with van der Waals surface area (Å²) in [5.41, 5.74) is 2.37. The molecule has 0 N–H and O–H groups in total. The Morgan fingerprint density at radius 3 is 2.56 bits per heavy atom. The maximum absolute atomic E-state index is 5.92. The number of thiophene rings is 1. The standard InChI is InChI=1S/C21H29NO2S/c1-3-5-6-8-18-10-9-17(13-22-18)19-11-12-20(25-19)21-23-14-16(7-4-2)15-24-21/h9-13,16,21H,3-8,14-15H2,1-2H3/t16-,21-. The summed E-state index contributed by atoms with van der Waals surface area (Å²) >= 11 is 1.74. The highest BCUT2D eigenvalue weighted by molar-refractivity contribution is 7.15. The predicted octanol–water partition coefficient (Wildman–Crippen LogP) is 6.00. The molecule has 0 unspecified atom stereocenters. The van der Waals surface area contributed by atoms with Crippen LogP contribution in [0, 0.1) is 5.92 Å². The summed E-state index contributed by atoms with van der Waals surface area (Å²) in [5.74, 6) is 0.546. The van der Waals surface area contributed by atoms with E-state index in [4.69, 9.17) is 9.47 Å². The van der Waals surface area contributed by atoms with Crippen LogP contribution >= 0.6 is 11.3 Å². The molecule has 2 aromatic rings. The van der Waals surface area contributed by atoms with Crippen LogP contribution in [0.5, 0.6) is 0 Å². The number of rotatable bonds is 8. The molecule has 1 aliphatic rings. The van der Waals surface area contributed by atoms with Gasteiger partial charge in [-0.3, -0.25) is 4.98 Å². The smallest absolute Gasteiger partial charge is 0.193 e. The highest BCUT2D eigenvalue weighted by Crippen LogP contribution is 2.35. The number of aromatic nitrogens is 1. The lowest BCUT2D eigenvalue weighted by atomic mass is 10.1. The second-order valence-corrected chi connectivity index (χ2v) is 7.97. The van der Waals surface area contributed by atoms with Crippen molar-refractivity contribution in [1.29, 1.82) is 0 Å². The summed E-state index contributed by atoms with van der Waals surface area (Å²) in [4.78, 5) is 7.00. The fourth-order valence-electron chi connectivity index (χ4n) is 3.19. The van der Waals surface area contributed by atoms with Gasteiger partial charge in [-0.25, -0.2) is 0 Å². The van der Waals surface area contributed by atoms with E-state index in [0.717, 1.165) is 24.5 Å². The van der Waals surface area contributed by atoms with Gasteiger partial charge in [-0.2, -0.15) is 0 Å². The van der Waals surface area contributed by atoms with Crippen molar-refractivity contribution in [2.24, 2.45) is 5.92 Å². The maximum atomic E-state index is 5.92. The van der Waals surface area contributed by atoms with Crippen molar-refractivity contribution in [3.8, 4) is 10.4 Å². The van der Waals surface area contributed by atoms with Crippen LogP contribution < -0.4 is 0 Å². The zero-order chi connectivity index (χ0) is 17.5. The monoisotopic (exact) mass is 359 g/mol. The number of hydrogen-bond donors (Lipinski definition) is 0. The summed E-state index contributed by atoms with van der Waals surface area (Å²) < 4.78 is 11.8. The van der Waals surface area contributed by atoms with Crippen LogP contribution in [-0.2, 0) is 15.9 Å². The minimum absolute atomic E-state index is 0.201. The maximum Gasteiger partial charge on any atom is 0.193 e. The molecule has 0 radical (unpaired) electrons. The molecule has 0 atom stereocenters. The van der Waals surface area contributed by atoms with Crippen LogP contribution in [0.25, 0.3) is 10.4 Å². The van der Waals surface area contributed by atoms with Crippen LogP contribution in [0.15, 0.2) is 30.5 Å². The average molecular weight is 360 g/mol. The summed E-state index contributed by atoms with van der Waals surface area (Å²) in [6.45, 7) is 6.05. The molecule has 0 amide bonds. The molecule has 0 saturated carbocycles. The fraction of sp³-hybridized carbons (Fsp3) is 0.571. The van der Waals surface area contributed by atoms with Crippen LogP contribution in [0.4, 0.5) is 0 Å². The number of pyridine rings is 1. The van der Waals surface area contributed by atoms with Gasteiger partial charge in [-0.15, -0.1) is 11.3 Å². The van der Waals surface area contributed by atoms with Crippen molar-refractivity contribution < 1.29 is 9.47 Å². The Balaban J connectivity index is 1.58. The van der Waals surface area contributed by atoms with Gasteiger partial charge >= 0.3 is 0 Å². The first-order valence-corrected chi connectivity index (χ1v) is 10.4. The molecule has 1 aliphatic heterocycles. The second kappa shape index (κ2) is 9.46. The predicted molar refractivity (Wildman–Crippen MR) is 104 cm³/mol. The normalized spacial score (nSPS) is 20.7. The number of hydrogen-bond acceptors (Lipinski definition) is 4. The molecule has 1 saturated heterocycles. The molecule has 136 valence electrons. The molecule has 0 aromatic carbocycles. The summed E-state index contributed by atoms with van der Waals surface area (Å²) in [6.07, 6.45) is 8.99. The zero-order valence-electron chi connectivity index (χ0n) is 15.4. The van der Waals surface area contributed by atoms with Gasteiger partial charge in [0.2, 0.25) is 0 Å². The Kier molecular flexibility index (Phi) is 7.02. The molecule has 3 nitrogen and oxygen atoms in total. The SMILES string of the molecule is CCCCCc1ccc(-c2ccc([C@H]3OC[C@H](CCC)CO3)s2)cn1. The lowest BCUT2D eigenvalue weighted by molar-refractivity contribution is -0.204. The largest absolute Gasteiger partial charge is 0.347 e. The molecule has 1 fully saturated rings. The number of ether oxygens (including phenoxy) is 2. The molecular weight excluding hydrogens is 330 g/mol. The minimum Gasteiger partial charge on any atom is -0.347 e. The lowest BCUT2D eigenvalue weighted by Gasteiger charge is -2.28. The first kappa shape index (κ1) is 18.6. The molecule has 3 heterocycles. The van der Waals surface area contributed by atoms with Crippen LogP contribution in [0.3, 0.4) is 0 Å². The van der Waals surface area contributed by atoms with E-state index in [2.05, 4.69) is 43.1 Å². The summed E-state index contributed by atoms with van der Waals surface area (Å²) in [7, 11) is 0. The quantitative estimate of drug-likeness (QED) is 0.541. The van der Waals surface area contributed by atoms with Crippen molar-refractivity contribution in [2.45, 2.75) is 58.7 Å². The van der Waals surface area contributed by atoms with E-state index in [1.807, 2.05) is 6.20 Å². The van der Waals surface area contributed by atoms with Gasteiger partial charge in [0.05, 0.1) is 18.1 Å². The van der Waals surface area contributed by atoms with E-state index < -0.39 is 0 Å². The van der Waals surface area contributed by atoms with Gasteiger partial charge in [-0.05, 0) is 37.5 Å². The minimum atomic E-state index is -0.201. The third-order valence-corrected chi connectivity index (χ3v) is 5.82. The van der Waals surface area contributed by atoms with Gasteiger partial charge in [0.25, 0.3) is 0 Å². The van der Waals surface area contributed by atoms with Crippen LogP contribution in [0.2, 0.25) is 0 Å². The van der Waals surface area contributed by atoms with E-state index >= 15 is 0 Å². The number of unbranched alkanes of at least 4 members (excludes halogenated alkanes) is 2. The highest BCUT2D eigenvalue weighted by Gasteiger charge is 2.24.